The smallest absolute Gasteiger partial charge is 0.270 e. The van der Waals surface area contributed by atoms with Gasteiger partial charge in [-0.15, -0.1) is 0 Å². The molecule has 0 atom stereocenters. The quantitative estimate of drug-likeness (QED) is 0.696. The molecule has 0 saturated carbocycles. The van der Waals surface area contributed by atoms with E-state index in [0.717, 1.165) is 11.3 Å². The van der Waals surface area contributed by atoms with Crippen LogP contribution in [0.2, 0.25) is 0 Å². The summed E-state index contributed by atoms with van der Waals surface area (Å²) in [6.45, 7) is 1.77. The molecule has 0 saturated heterocycles. The Hall–Kier alpha value is -1.07. The van der Waals surface area contributed by atoms with Gasteiger partial charge < -0.3 is 9.84 Å². The maximum absolute atomic E-state index is 11.7. The lowest BCUT2D eigenvalue weighted by Crippen LogP contribution is -2.21. The number of rotatable bonds is 3. The van der Waals surface area contributed by atoms with Gasteiger partial charge in [0, 0.05) is 25.1 Å². The third-order valence-electron chi connectivity index (χ3n) is 2.42. The minimum Gasteiger partial charge on any atom is -0.396 e. The third-order valence-corrected chi connectivity index (χ3v) is 2.42. The van der Waals surface area contributed by atoms with Gasteiger partial charge in [-0.05, 0) is 6.42 Å². The highest BCUT2D eigenvalue weighted by atomic mass is 16.5. The Morgan fingerprint density at radius 1 is 1.57 bits per heavy atom. The van der Waals surface area contributed by atoms with Crippen molar-refractivity contribution >= 4 is 0 Å². The van der Waals surface area contributed by atoms with Crippen LogP contribution in [0, 0.1) is 0 Å². The van der Waals surface area contributed by atoms with Crippen molar-refractivity contribution in [2.75, 3.05) is 13.2 Å². The zero-order valence-electron chi connectivity index (χ0n) is 7.95. The molecule has 1 aromatic heterocycles. The highest BCUT2D eigenvalue weighted by Crippen LogP contribution is 2.10. The average Bonchev–Trinajstić information content (AvgIpc) is 2.54. The third kappa shape index (κ3) is 1.60. The van der Waals surface area contributed by atoms with Crippen LogP contribution < -0.4 is 5.56 Å². The molecule has 1 aliphatic heterocycles. The fourth-order valence-corrected chi connectivity index (χ4v) is 1.69. The second kappa shape index (κ2) is 3.98. The van der Waals surface area contributed by atoms with Gasteiger partial charge in [0.05, 0.1) is 18.9 Å². The van der Waals surface area contributed by atoms with E-state index in [-0.39, 0.29) is 12.2 Å². The second-order valence-corrected chi connectivity index (χ2v) is 3.41. The number of aliphatic hydroxyl groups excluding tert-OH is 1. The number of H-pyrrole nitrogens is 1. The number of aromatic nitrogens is 2. The largest absolute Gasteiger partial charge is 0.396 e. The van der Waals surface area contributed by atoms with Gasteiger partial charge in [0.25, 0.3) is 5.56 Å². The molecule has 0 unspecified atom stereocenters. The van der Waals surface area contributed by atoms with E-state index in [9.17, 15) is 4.79 Å². The van der Waals surface area contributed by atoms with Gasteiger partial charge in [0.15, 0.2) is 0 Å². The van der Waals surface area contributed by atoms with E-state index in [1.807, 2.05) is 0 Å². The summed E-state index contributed by atoms with van der Waals surface area (Å²) in [5.74, 6) is 0. The molecule has 5 nitrogen and oxygen atoms in total. The van der Waals surface area contributed by atoms with E-state index in [2.05, 4.69) is 5.10 Å². The molecule has 1 aliphatic rings. The number of nitrogens with zero attached hydrogens (tertiary/aromatic N) is 1. The van der Waals surface area contributed by atoms with Crippen LogP contribution >= 0.6 is 0 Å². The molecule has 0 spiro atoms. The zero-order valence-corrected chi connectivity index (χ0v) is 7.95. The van der Waals surface area contributed by atoms with E-state index in [1.54, 1.807) is 4.68 Å². The Labute approximate surface area is 81.3 Å². The Kier molecular flexibility index (Phi) is 2.69. The van der Waals surface area contributed by atoms with Gasteiger partial charge in [-0.2, -0.15) is 0 Å². The number of aryl methyl sites for hydroxylation is 1. The van der Waals surface area contributed by atoms with Crippen molar-refractivity contribution in [3.8, 4) is 0 Å². The first-order chi connectivity index (χ1) is 6.83. The summed E-state index contributed by atoms with van der Waals surface area (Å²) in [7, 11) is 0. The number of hydrogen-bond acceptors (Lipinski definition) is 3. The first-order valence-electron chi connectivity index (χ1n) is 4.82. The van der Waals surface area contributed by atoms with Gasteiger partial charge in [0.1, 0.15) is 0 Å². The SMILES string of the molecule is O=c1c2c([nH]n1CCCO)COCC2. The topological polar surface area (TPSA) is 67.2 Å². The minimum atomic E-state index is 0.0387. The molecule has 0 amide bonds. The first-order valence-corrected chi connectivity index (χ1v) is 4.82. The van der Waals surface area contributed by atoms with Crippen molar-refractivity contribution in [3.63, 3.8) is 0 Å². The molecule has 5 heteroatoms. The number of hydrogen-bond donors (Lipinski definition) is 2. The zero-order chi connectivity index (χ0) is 9.97. The Bertz CT molecular complexity index is 367. The van der Waals surface area contributed by atoms with Crippen LogP contribution in [0.15, 0.2) is 4.79 Å². The minimum absolute atomic E-state index is 0.0387. The highest BCUT2D eigenvalue weighted by molar-refractivity contribution is 5.18. The van der Waals surface area contributed by atoms with Crippen LogP contribution in [0.25, 0.3) is 0 Å². The van der Waals surface area contributed by atoms with Gasteiger partial charge in [-0.1, -0.05) is 0 Å². The summed E-state index contributed by atoms with van der Waals surface area (Å²) in [4.78, 5) is 11.7. The van der Waals surface area contributed by atoms with Crippen LogP contribution in [0.1, 0.15) is 17.7 Å². The van der Waals surface area contributed by atoms with Gasteiger partial charge in [-0.3, -0.25) is 14.6 Å². The maximum Gasteiger partial charge on any atom is 0.270 e. The lowest BCUT2D eigenvalue weighted by Gasteiger charge is -2.08. The van der Waals surface area contributed by atoms with E-state index >= 15 is 0 Å². The molecule has 0 bridgehead atoms. The van der Waals surface area contributed by atoms with Gasteiger partial charge >= 0.3 is 0 Å². The fraction of sp³-hybridized carbons (Fsp3) is 0.667. The summed E-state index contributed by atoms with van der Waals surface area (Å²) in [5, 5.41) is 11.7. The summed E-state index contributed by atoms with van der Waals surface area (Å²) >= 11 is 0. The van der Waals surface area contributed by atoms with Crippen molar-refractivity contribution in [2.45, 2.75) is 26.0 Å². The molecule has 2 N–H and O–H groups in total. The van der Waals surface area contributed by atoms with Crippen LogP contribution in [0.4, 0.5) is 0 Å². The van der Waals surface area contributed by atoms with Gasteiger partial charge in [-0.25, -0.2) is 0 Å². The summed E-state index contributed by atoms with van der Waals surface area (Å²) in [5.41, 5.74) is 1.77. The van der Waals surface area contributed by atoms with E-state index < -0.39 is 0 Å². The molecule has 0 radical (unpaired) electrons. The number of fused-ring (bicyclic) bond motifs is 1. The van der Waals surface area contributed by atoms with Crippen molar-refractivity contribution in [2.24, 2.45) is 0 Å². The predicted molar refractivity (Wildman–Crippen MR) is 50.1 cm³/mol. The van der Waals surface area contributed by atoms with Crippen LogP contribution in [0.3, 0.4) is 0 Å². The number of ether oxygens (including phenoxy) is 1. The van der Waals surface area contributed by atoms with Crippen molar-refractivity contribution in [3.05, 3.63) is 21.6 Å². The summed E-state index contributed by atoms with van der Waals surface area (Å²) < 4.78 is 6.79. The molecule has 0 fully saturated rings. The molecule has 0 aliphatic carbocycles. The lowest BCUT2D eigenvalue weighted by molar-refractivity contribution is 0.108. The second-order valence-electron chi connectivity index (χ2n) is 3.41. The molecular weight excluding hydrogens is 184 g/mol. The molecule has 0 aromatic carbocycles. The van der Waals surface area contributed by atoms with E-state index in [1.165, 1.54) is 0 Å². The summed E-state index contributed by atoms with van der Waals surface area (Å²) in [6, 6.07) is 0. The van der Waals surface area contributed by atoms with Gasteiger partial charge in [0.2, 0.25) is 0 Å². The fourth-order valence-electron chi connectivity index (χ4n) is 1.69. The molecule has 78 valence electrons. The molecular formula is C9H14N2O3. The van der Waals surface area contributed by atoms with Crippen LogP contribution in [-0.4, -0.2) is 28.1 Å². The van der Waals surface area contributed by atoms with Crippen LogP contribution in [0.5, 0.6) is 0 Å². The number of nitrogens with one attached hydrogen (secondary N) is 1. The van der Waals surface area contributed by atoms with Crippen molar-refractivity contribution in [1.29, 1.82) is 0 Å². The Morgan fingerprint density at radius 3 is 3.14 bits per heavy atom. The standard InChI is InChI=1S/C9H14N2O3/c12-4-1-3-11-9(13)7-2-5-14-6-8(7)10-11/h10,12H,1-6H2. The number of aromatic amines is 1. The maximum atomic E-state index is 11.7. The van der Waals surface area contributed by atoms with E-state index in [0.29, 0.717) is 32.6 Å². The predicted octanol–water partition coefficient (Wildman–Crippen LogP) is -0.369. The van der Waals surface area contributed by atoms with Crippen molar-refractivity contribution in [1.82, 2.24) is 9.78 Å². The average molecular weight is 198 g/mol. The van der Waals surface area contributed by atoms with E-state index in [4.69, 9.17) is 9.84 Å². The first kappa shape index (κ1) is 9.48. The van der Waals surface area contributed by atoms with Crippen molar-refractivity contribution < 1.29 is 9.84 Å². The van der Waals surface area contributed by atoms with Crippen LogP contribution in [-0.2, 0) is 24.3 Å². The highest BCUT2D eigenvalue weighted by Gasteiger charge is 2.17. The number of aliphatic hydroxyl groups is 1. The summed E-state index contributed by atoms with van der Waals surface area (Å²) in [6.07, 6.45) is 1.29. The Morgan fingerprint density at radius 2 is 2.43 bits per heavy atom. The monoisotopic (exact) mass is 198 g/mol. The lowest BCUT2D eigenvalue weighted by atomic mass is 10.1. The molecule has 14 heavy (non-hydrogen) atoms. The Balaban J connectivity index is 2.25. The molecule has 1 aromatic rings. The normalized spacial score (nSPS) is 15.5. The molecule has 2 rings (SSSR count). The molecule has 2 heterocycles.